The minimum absolute atomic E-state index is 0.637. The summed E-state index contributed by atoms with van der Waals surface area (Å²) in [6, 6.07) is 9.37. The van der Waals surface area contributed by atoms with Crippen LogP contribution in [0.1, 0.15) is 5.56 Å². The van der Waals surface area contributed by atoms with Crippen LogP contribution in [0.25, 0.3) is 0 Å². The standard InChI is InChI=1S/C14H13Br2NO2/c1-8-4-3-5-11(14(8)17)19-13-7-9(15)12(18-2)6-10(13)16/h3-7H,17H2,1-2H3. The second-order valence-corrected chi connectivity index (χ2v) is 5.71. The van der Waals surface area contributed by atoms with Gasteiger partial charge in [-0.2, -0.15) is 0 Å². The summed E-state index contributed by atoms with van der Waals surface area (Å²) in [5.74, 6) is 2.04. The average molecular weight is 387 g/mol. The molecule has 0 amide bonds. The largest absolute Gasteiger partial charge is 0.496 e. The molecular weight excluding hydrogens is 374 g/mol. The number of anilines is 1. The number of nitrogens with two attached hydrogens (primary N) is 1. The van der Waals surface area contributed by atoms with Gasteiger partial charge in [-0.1, -0.05) is 12.1 Å². The topological polar surface area (TPSA) is 44.5 Å². The number of halogens is 2. The molecular formula is C14H13Br2NO2. The third-order valence-corrected chi connectivity index (χ3v) is 3.95. The number of aryl methyl sites for hydroxylation is 1. The van der Waals surface area contributed by atoms with Gasteiger partial charge < -0.3 is 15.2 Å². The number of hydrogen-bond donors (Lipinski definition) is 1. The van der Waals surface area contributed by atoms with Crippen LogP contribution in [0.15, 0.2) is 39.3 Å². The van der Waals surface area contributed by atoms with Crippen molar-refractivity contribution in [2.24, 2.45) is 0 Å². The molecule has 0 aromatic heterocycles. The molecule has 0 spiro atoms. The van der Waals surface area contributed by atoms with Crippen molar-refractivity contribution < 1.29 is 9.47 Å². The van der Waals surface area contributed by atoms with Gasteiger partial charge >= 0.3 is 0 Å². The highest BCUT2D eigenvalue weighted by Gasteiger charge is 2.11. The Morgan fingerprint density at radius 2 is 1.63 bits per heavy atom. The number of rotatable bonds is 3. The molecule has 0 aliphatic heterocycles. The fourth-order valence-corrected chi connectivity index (χ4v) is 2.49. The van der Waals surface area contributed by atoms with E-state index in [4.69, 9.17) is 15.2 Å². The molecule has 100 valence electrons. The van der Waals surface area contributed by atoms with Gasteiger partial charge in [0.15, 0.2) is 5.75 Å². The smallest absolute Gasteiger partial charge is 0.150 e. The van der Waals surface area contributed by atoms with Crippen LogP contribution in [0.4, 0.5) is 5.69 Å². The Balaban J connectivity index is 2.38. The van der Waals surface area contributed by atoms with E-state index in [9.17, 15) is 0 Å². The SMILES string of the molecule is COc1cc(Br)c(Oc2cccc(C)c2N)cc1Br. The first-order valence-corrected chi connectivity index (χ1v) is 7.17. The maximum Gasteiger partial charge on any atom is 0.150 e. The van der Waals surface area contributed by atoms with Crippen LogP contribution in [0.2, 0.25) is 0 Å². The lowest BCUT2D eigenvalue weighted by molar-refractivity contribution is 0.409. The van der Waals surface area contributed by atoms with E-state index in [1.54, 1.807) is 7.11 Å². The van der Waals surface area contributed by atoms with Crippen molar-refractivity contribution in [3.63, 3.8) is 0 Å². The summed E-state index contributed by atoms with van der Waals surface area (Å²) in [6.07, 6.45) is 0. The number of nitrogen functional groups attached to an aromatic ring is 1. The number of methoxy groups -OCH3 is 1. The Kier molecular flexibility index (Phi) is 4.37. The maximum absolute atomic E-state index is 6.00. The van der Waals surface area contributed by atoms with Gasteiger partial charge in [-0.15, -0.1) is 0 Å². The third-order valence-electron chi connectivity index (χ3n) is 2.71. The van der Waals surface area contributed by atoms with Crippen LogP contribution in [-0.2, 0) is 0 Å². The molecule has 3 nitrogen and oxygen atoms in total. The highest BCUT2D eigenvalue weighted by atomic mass is 79.9. The van der Waals surface area contributed by atoms with Crippen LogP contribution in [0.3, 0.4) is 0 Å². The molecule has 5 heteroatoms. The Morgan fingerprint density at radius 1 is 1.00 bits per heavy atom. The van der Waals surface area contributed by atoms with Crippen molar-refractivity contribution in [2.45, 2.75) is 6.92 Å². The Hall–Kier alpha value is -1.20. The Bertz CT molecular complexity index is 615. The molecule has 0 unspecified atom stereocenters. The summed E-state index contributed by atoms with van der Waals surface area (Å²) in [7, 11) is 1.62. The van der Waals surface area contributed by atoms with Gasteiger partial charge in [0.25, 0.3) is 0 Å². The highest BCUT2D eigenvalue weighted by molar-refractivity contribution is 9.11. The molecule has 0 saturated heterocycles. The summed E-state index contributed by atoms with van der Waals surface area (Å²) in [4.78, 5) is 0. The maximum atomic E-state index is 6.00. The summed E-state index contributed by atoms with van der Waals surface area (Å²) in [5.41, 5.74) is 7.63. The van der Waals surface area contributed by atoms with Crippen LogP contribution >= 0.6 is 31.9 Å². The number of para-hydroxylation sites is 1. The van der Waals surface area contributed by atoms with Crippen molar-refractivity contribution in [3.8, 4) is 17.2 Å². The minimum Gasteiger partial charge on any atom is -0.496 e. The van der Waals surface area contributed by atoms with Crippen molar-refractivity contribution in [3.05, 3.63) is 44.8 Å². The molecule has 0 fully saturated rings. The van der Waals surface area contributed by atoms with E-state index >= 15 is 0 Å². The molecule has 0 atom stereocenters. The van der Waals surface area contributed by atoms with Gasteiger partial charge in [0, 0.05) is 0 Å². The molecule has 2 rings (SSSR count). The summed E-state index contributed by atoms with van der Waals surface area (Å²) in [5, 5.41) is 0. The van der Waals surface area contributed by atoms with Gasteiger partial charge in [-0.25, -0.2) is 0 Å². The normalized spacial score (nSPS) is 10.3. The summed E-state index contributed by atoms with van der Waals surface area (Å²) in [6.45, 7) is 1.95. The first kappa shape index (κ1) is 14.2. The van der Waals surface area contributed by atoms with Crippen molar-refractivity contribution in [1.82, 2.24) is 0 Å². The Morgan fingerprint density at radius 3 is 2.32 bits per heavy atom. The fourth-order valence-electron chi connectivity index (χ4n) is 1.61. The van der Waals surface area contributed by atoms with E-state index < -0.39 is 0 Å². The van der Waals surface area contributed by atoms with Gasteiger partial charge in [-0.3, -0.25) is 0 Å². The first-order chi connectivity index (χ1) is 9.02. The van der Waals surface area contributed by atoms with E-state index in [1.807, 2.05) is 37.3 Å². The molecule has 2 N–H and O–H groups in total. The van der Waals surface area contributed by atoms with E-state index in [0.29, 0.717) is 17.2 Å². The first-order valence-electron chi connectivity index (χ1n) is 5.59. The molecule has 0 aliphatic rings. The molecule has 0 saturated carbocycles. The van der Waals surface area contributed by atoms with E-state index in [1.165, 1.54) is 0 Å². The molecule has 0 radical (unpaired) electrons. The zero-order chi connectivity index (χ0) is 14.0. The van der Waals surface area contributed by atoms with Crippen molar-refractivity contribution in [1.29, 1.82) is 0 Å². The lowest BCUT2D eigenvalue weighted by Gasteiger charge is -2.13. The molecule has 0 aliphatic carbocycles. The Labute approximate surface area is 129 Å². The second kappa shape index (κ2) is 5.84. The third kappa shape index (κ3) is 3.04. The number of hydrogen-bond acceptors (Lipinski definition) is 3. The second-order valence-electron chi connectivity index (χ2n) is 4.01. The van der Waals surface area contributed by atoms with Crippen molar-refractivity contribution in [2.75, 3.05) is 12.8 Å². The summed E-state index contributed by atoms with van der Waals surface area (Å²) < 4.78 is 12.7. The fraction of sp³-hybridized carbons (Fsp3) is 0.143. The quantitative estimate of drug-likeness (QED) is 0.762. The van der Waals surface area contributed by atoms with Gasteiger partial charge in [-0.05, 0) is 62.5 Å². The van der Waals surface area contributed by atoms with Crippen LogP contribution < -0.4 is 15.2 Å². The average Bonchev–Trinajstić information content (AvgIpc) is 2.38. The monoisotopic (exact) mass is 385 g/mol. The van der Waals surface area contributed by atoms with Gasteiger partial charge in [0.1, 0.15) is 11.5 Å². The predicted octanol–water partition coefficient (Wildman–Crippen LogP) is 4.90. The lowest BCUT2D eigenvalue weighted by Crippen LogP contribution is -1.95. The van der Waals surface area contributed by atoms with Crippen LogP contribution in [0, 0.1) is 6.92 Å². The minimum atomic E-state index is 0.637. The van der Waals surface area contributed by atoms with E-state index in [-0.39, 0.29) is 0 Å². The molecule has 19 heavy (non-hydrogen) atoms. The van der Waals surface area contributed by atoms with E-state index in [0.717, 1.165) is 20.3 Å². The number of ether oxygens (including phenoxy) is 2. The highest BCUT2D eigenvalue weighted by Crippen LogP contribution is 2.39. The van der Waals surface area contributed by atoms with Crippen molar-refractivity contribution >= 4 is 37.5 Å². The van der Waals surface area contributed by atoms with Crippen LogP contribution in [-0.4, -0.2) is 7.11 Å². The lowest BCUT2D eigenvalue weighted by atomic mass is 10.2. The number of benzene rings is 2. The molecule has 0 heterocycles. The zero-order valence-electron chi connectivity index (χ0n) is 10.5. The van der Waals surface area contributed by atoms with E-state index in [2.05, 4.69) is 31.9 Å². The molecule has 0 bridgehead atoms. The van der Waals surface area contributed by atoms with Crippen LogP contribution in [0.5, 0.6) is 17.2 Å². The molecule has 2 aromatic rings. The summed E-state index contributed by atoms with van der Waals surface area (Å²) >= 11 is 6.89. The van der Waals surface area contributed by atoms with Gasteiger partial charge in [0.05, 0.1) is 21.7 Å². The zero-order valence-corrected chi connectivity index (χ0v) is 13.7. The van der Waals surface area contributed by atoms with Gasteiger partial charge in [0.2, 0.25) is 0 Å². The predicted molar refractivity (Wildman–Crippen MR) is 84.1 cm³/mol. The molecule has 2 aromatic carbocycles.